The Bertz CT molecular complexity index is 471. The van der Waals surface area contributed by atoms with E-state index >= 15 is 0 Å². The smallest absolute Gasteiger partial charge is 0.326 e. The van der Waals surface area contributed by atoms with E-state index in [9.17, 15) is 9.59 Å². The van der Waals surface area contributed by atoms with Crippen molar-refractivity contribution in [2.45, 2.75) is 26.3 Å². The summed E-state index contributed by atoms with van der Waals surface area (Å²) in [7, 11) is 0. The molecule has 1 amide bonds. The number of anilines is 1. The van der Waals surface area contributed by atoms with Crippen molar-refractivity contribution in [2.75, 3.05) is 5.73 Å². The summed E-state index contributed by atoms with van der Waals surface area (Å²) >= 11 is 3.24. The van der Waals surface area contributed by atoms with Gasteiger partial charge in [-0.25, -0.2) is 4.79 Å². The molecule has 2 unspecified atom stereocenters. The van der Waals surface area contributed by atoms with Crippen LogP contribution in [0.15, 0.2) is 22.7 Å². The van der Waals surface area contributed by atoms with Gasteiger partial charge in [0.25, 0.3) is 5.91 Å². The number of benzene rings is 1. The van der Waals surface area contributed by atoms with Gasteiger partial charge in [-0.2, -0.15) is 0 Å². The molecule has 4 N–H and O–H groups in total. The average Bonchev–Trinajstić information content (AvgIpc) is 2.33. The summed E-state index contributed by atoms with van der Waals surface area (Å²) in [5.74, 6) is -1.63. The van der Waals surface area contributed by atoms with Crippen LogP contribution in [-0.2, 0) is 4.79 Å². The van der Waals surface area contributed by atoms with Gasteiger partial charge >= 0.3 is 5.97 Å². The first-order valence-electron chi connectivity index (χ1n) is 5.94. The molecule has 0 aliphatic heterocycles. The van der Waals surface area contributed by atoms with Gasteiger partial charge in [0.1, 0.15) is 6.04 Å². The lowest BCUT2D eigenvalue weighted by Gasteiger charge is -2.20. The number of nitrogens with one attached hydrogen (secondary N) is 1. The zero-order valence-corrected chi connectivity index (χ0v) is 12.4. The Morgan fingerprint density at radius 2 is 2.05 bits per heavy atom. The second kappa shape index (κ2) is 6.56. The molecular formula is C13H17BrN2O3. The van der Waals surface area contributed by atoms with Gasteiger partial charge in [0.05, 0.1) is 0 Å². The summed E-state index contributed by atoms with van der Waals surface area (Å²) in [5.41, 5.74) is 6.42. The lowest BCUT2D eigenvalue weighted by molar-refractivity contribution is -0.140. The highest BCUT2D eigenvalue weighted by atomic mass is 79.9. The van der Waals surface area contributed by atoms with Gasteiger partial charge in [0, 0.05) is 15.7 Å². The monoisotopic (exact) mass is 328 g/mol. The standard InChI is InChI=1S/C13H17BrN2O3/c1-3-7(2)11(13(18)19)16-12(17)8-4-9(14)6-10(15)5-8/h4-7,11H,3,15H2,1-2H3,(H,16,17)(H,18,19). The molecule has 1 rings (SSSR count). The van der Waals surface area contributed by atoms with Crippen molar-refractivity contribution in [3.8, 4) is 0 Å². The Kier molecular flexibility index (Phi) is 5.35. The number of aliphatic carboxylic acids is 1. The van der Waals surface area contributed by atoms with E-state index in [1.165, 1.54) is 6.07 Å². The van der Waals surface area contributed by atoms with E-state index in [4.69, 9.17) is 10.8 Å². The minimum absolute atomic E-state index is 0.147. The van der Waals surface area contributed by atoms with Crippen molar-refractivity contribution in [1.82, 2.24) is 5.32 Å². The summed E-state index contributed by atoms with van der Waals surface area (Å²) in [4.78, 5) is 23.2. The Labute approximate surface area is 120 Å². The van der Waals surface area contributed by atoms with Gasteiger partial charge in [0.15, 0.2) is 0 Å². The lowest BCUT2D eigenvalue weighted by atomic mass is 9.99. The first-order valence-corrected chi connectivity index (χ1v) is 6.74. The highest BCUT2D eigenvalue weighted by Crippen LogP contribution is 2.18. The lowest BCUT2D eigenvalue weighted by Crippen LogP contribution is -2.45. The van der Waals surface area contributed by atoms with Crippen LogP contribution in [0.2, 0.25) is 0 Å². The Morgan fingerprint density at radius 1 is 1.42 bits per heavy atom. The van der Waals surface area contributed by atoms with Gasteiger partial charge in [-0.15, -0.1) is 0 Å². The zero-order chi connectivity index (χ0) is 14.6. The van der Waals surface area contributed by atoms with E-state index < -0.39 is 17.9 Å². The number of carbonyl (C=O) groups excluding carboxylic acids is 1. The molecule has 0 bridgehead atoms. The molecule has 5 nitrogen and oxygen atoms in total. The molecule has 0 spiro atoms. The number of carboxylic acid groups (broad SMARTS) is 1. The van der Waals surface area contributed by atoms with Crippen LogP contribution >= 0.6 is 15.9 Å². The van der Waals surface area contributed by atoms with Crippen molar-refractivity contribution in [1.29, 1.82) is 0 Å². The summed E-state index contributed by atoms with van der Waals surface area (Å²) in [5, 5.41) is 11.7. The second-order valence-corrected chi connectivity index (χ2v) is 5.36. The van der Waals surface area contributed by atoms with Crippen LogP contribution in [0.1, 0.15) is 30.6 Å². The number of amides is 1. The molecule has 0 fully saturated rings. The summed E-state index contributed by atoms with van der Waals surface area (Å²) < 4.78 is 0.674. The van der Waals surface area contributed by atoms with E-state index in [1.807, 2.05) is 6.92 Å². The van der Waals surface area contributed by atoms with Crippen molar-refractivity contribution >= 4 is 33.5 Å². The molecular weight excluding hydrogens is 312 g/mol. The van der Waals surface area contributed by atoms with Crippen LogP contribution in [0.5, 0.6) is 0 Å². The average molecular weight is 329 g/mol. The summed E-state index contributed by atoms with van der Waals surface area (Å²) in [6, 6.07) is 3.87. The van der Waals surface area contributed by atoms with Crippen LogP contribution in [0.4, 0.5) is 5.69 Å². The fraction of sp³-hybridized carbons (Fsp3) is 0.385. The quantitative estimate of drug-likeness (QED) is 0.723. The molecule has 1 aromatic carbocycles. The number of nitrogens with two attached hydrogens (primary N) is 1. The molecule has 0 radical (unpaired) electrons. The number of halogens is 1. The van der Waals surface area contributed by atoms with Crippen LogP contribution < -0.4 is 11.1 Å². The van der Waals surface area contributed by atoms with Gasteiger partial charge in [-0.3, -0.25) is 4.79 Å². The molecule has 19 heavy (non-hydrogen) atoms. The fourth-order valence-corrected chi connectivity index (χ4v) is 2.16. The van der Waals surface area contributed by atoms with Crippen LogP contribution in [-0.4, -0.2) is 23.0 Å². The summed E-state index contributed by atoms with van der Waals surface area (Å²) in [6.07, 6.45) is 0.665. The van der Waals surface area contributed by atoms with E-state index in [0.29, 0.717) is 22.1 Å². The predicted molar refractivity (Wildman–Crippen MR) is 76.9 cm³/mol. The number of hydrogen-bond donors (Lipinski definition) is 3. The molecule has 1 aromatic rings. The first-order chi connectivity index (χ1) is 8.85. The van der Waals surface area contributed by atoms with Crippen molar-refractivity contribution in [2.24, 2.45) is 5.92 Å². The topological polar surface area (TPSA) is 92.4 Å². The maximum atomic E-state index is 12.0. The zero-order valence-electron chi connectivity index (χ0n) is 10.8. The van der Waals surface area contributed by atoms with Crippen LogP contribution in [0, 0.1) is 5.92 Å². The predicted octanol–water partition coefficient (Wildman–Crippen LogP) is 2.26. The number of carboxylic acids is 1. The van der Waals surface area contributed by atoms with Gasteiger partial charge < -0.3 is 16.2 Å². The number of rotatable bonds is 5. The van der Waals surface area contributed by atoms with Crippen LogP contribution in [0.25, 0.3) is 0 Å². The third-order valence-electron chi connectivity index (χ3n) is 2.95. The molecule has 0 aromatic heterocycles. The molecule has 6 heteroatoms. The third kappa shape index (κ3) is 4.24. The molecule has 0 saturated heterocycles. The van der Waals surface area contributed by atoms with E-state index in [2.05, 4.69) is 21.2 Å². The van der Waals surface area contributed by atoms with E-state index in [-0.39, 0.29) is 5.92 Å². The highest BCUT2D eigenvalue weighted by molar-refractivity contribution is 9.10. The largest absolute Gasteiger partial charge is 0.480 e. The van der Waals surface area contributed by atoms with Crippen LogP contribution in [0.3, 0.4) is 0 Å². The maximum Gasteiger partial charge on any atom is 0.326 e. The molecule has 2 atom stereocenters. The third-order valence-corrected chi connectivity index (χ3v) is 3.41. The Balaban J connectivity index is 2.90. The van der Waals surface area contributed by atoms with E-state index in [0.717, 1.165) is 0 Å². The molecule has 0 aliphatic rings. The van der Waals surface area contributed by atoms with Crippen molar-refractivity contribution < 1.29 is 14.7 Å². The number of carbonyl (C=O) groups is 2. The molecule has 0 heterocycles. The molecule has 0 saturated carbocycles. The van der Waals surface area contributed by atoms with Gasteiger partial charge in [0.2, 0.25) is 0 Å². The van der Waals surface area contributed by atoms with E-state index in [1.54, 1.807) is 19.1 Å². The fourth-order valence-electron chi connectivity index (χ4n) is 1.65. The second-order valence-electron chi connectivity index (χ2n) is 4.45. The highest BCUT2D eigenvalue weighted by Gasteiger charge is 2.25. The number of hydrogen-bond acceptors (Lipinski definition) is 3. The minimum atomic E-state index is -1.04. The van der Waals surface area contributed by atoms with Gasteiger partial charge in [-0.1, -0.05) is 36.2 Å². The SMILES string of the molecule is CCC(C)C(NC(=O)c1cc(N)cc(Br)c1)C(=O)O. The van der Waals surface area contributed by atoms with Crippen molar-refractivity contribution in [3.63, 3.8) is 0 Å². The molecule has 104 valence electrons. The van der Waals surface area contributed by atoms with Crippen molar-refractivity contribution in [3.05, 3.63) is 28.2 Å². The Morgan fingerprint density at radius 3 is 2.53 bits per heavy atom. The first kappa shape index (κ1) is 15.5. The normalized spacial score (nSPS) is 13.6. The Hall–Kier alpha value is -1.56. The number of nitrogen functional groups attached to an aromatic ring is 1. The maximum absolute atomic E-state index is 12.0. The summed E-state index contributed by atoms with van der Waals surface area (Å²) in [6.45, 7) is 3.66. The van der Waals surface area contributed by atoms with Gasteiger partial charge in [-0.05, 0) is 24.1 Å². The molecule has 0 aliphatic carbocycles. The minimum Gasteiger partial charge on any atom is -0.480 e.